The normalized spacial score (nSPS) is 20.3. The highest BCUT2D eigenvalue weighted by atomic mass is 19.1. The van der Waals surface area contributed by atoms with Gasteiger partial charge in [-0.3, -0.25) is 4.79 Å². The molecule has 2 aromatic heterocycles. The summed E-state index contributed by atoms with van der Waals surface area (Å²) < 4.78 is 29.0. The fraction of sp³-hybridized carbons (Fsp3) is 0.235. The molecule has 1 aliphatic rings. The zero-order valence-electron chi connectivity index (χ0n) is 13.1. The van der Waals surface area contributed by atoms with Gasteiger partial charge in [0.1, 0.15) is 23.5 Å². The third-order valence-electron chi connectivity index (χ3n) is 4.38. The Hall–Kier alpha value is -3.03. The summed E-state index contributed by atoms with van der Waals surface area (Å²) in [6, 6.07) is 9.18. The molecule has 2 N–H and O–H groups in total. The maximum Gasteiger partial charge on any atom is 0.269 e. The Morgan fingerprint density at radius 1 is 1.28 bits per heavy atom. The second-order valence-corrected chi connectivity index (χ2v) is 6.03. The van der Waals surface area contributed by atoms with Crippen molar-refractivity contribution in [2.75, 3.05) is 11.4 Å². The number of hydrogen-bond donors (Lipinski definition) is 1. The van der Waals surface area contributed by atoms with Gasteiger partial charge in [0.05, 0.1) is 18.8 Å². The molecule has 0 spiro atoms. The molecule has 1 fully saturated rings. The molecule has 128 valence electrons. The first kappa shape index (κ1) is 15.5. The van der Waals surface area contributed by atoms with Crippen LogP contribution in [0.3, 0.4) is 0 Å². The highest BCUT2D eigenvalue weighted by Crippen LogP contribution is 2.36. The van der Waals surface area contributed by atoms with E-state index in [0.717, 1.165) is 0 Å². The Morgan fingerprint density at radius 2 is 2.12 bits per heavy atom. The van der Waals surface area contributed by atoms with Crippen LogP contribution in [0.4, 0.5) is 14.6 Å². The minimum Gasteiger partial charge on any atom is -0.364 e. The van der Waals surface area contributed by atoms with Gasteiger partial charge in [0.2, 0.25) is 0 Å². The van der Waals surface area contributed by atoms with Crippen molar-refractivity contribution in [2.45, 2.75) is 18.6 Å². The lowest BCUT2D eigenvalue weighted by Gasteiger charge is -2.25. The fourth-order valence-corrected chi connectivity index (χ4v) is 3.25. The molecule has 4 rings (SSSR count). The summed E-state index contributed by atoms with van der Waals surface area (Å²) in [5, 5.41) is 4.39. The molecule has 1 aliphatic heterocycles. The van der Waals surface area contributed by atoms with Gasteiger partial charge in [0.15, 0.2) is 5.65 Å². The predicted molar refractivity (Wildman–Crippen MR) is 87.5 cm³/mol. The maximum atomic E-state index is 14.1. The Bertz CT molecular complexity index is 957. The van der Waals surface area contributed by atoms with Crippen LogP contribution in [-0.4, -0.2) is 33.2 Å². The van der Waals surface area contributed by atoms with Crippen LogP contribution in [0.15, 0.2) is 42.6 Å². The second-order valence-electron chi connectivity index (χ2n) is 6.03. The first-order chi connectivity index (χ1) is 12.0. The number of rotatable bonds is 3. The van der Waals surface area contributed by atoms with E-state index in [1.807, 2.05) is 0 Å². The monoisotopic (exact) mass is 343 g/mol. The highest BCUT2D eigenvalue weighted by molar-refractivity contribution is 5.91. The average Bonchev–Trinajstić information content (AvgIpc) is 3.17. The van der Waals surface area contributed by atoms with Gasteiger partial charge in [-0.1, -0.05) is 12.1 Å². The van der Waals surface area contributed by atoms with E-state index < -0.39 is 12.1 Å². The van der Waals surface area contributed by atoms with Gasteiger partial charge in [0, 0.05) is 6.42 Å². The first-order valence-electron chi connectivity index (χ1n) is 7.83. The van der Waals surface area contributed by atoms with Crippen LogP contribution in [0, 0.1) is 5.82 Å². The smallest absolute Gasteiger partial charge is 0.269 e. The molecule has 8 heteroatoms. The van der Waals surface area contributed by atoms with Gasteiger partial charge in [-0.2, -0.15) is 0 Å². The molecule has 0 saturated carbocycles. The van der Waals surface area contributed by atoms with Crippen LogP contribution in [-0.2, 0) is 0 Å². The van der Waals surface area contributed by atoms with Crippen LogP contribution in [0.25, 0.3) is 5.65 Å². The molecule has 2 atom stereocenters. The number of alkyl halides is 1. The van der Waals surface area contributed by atoms with Crippen molar-refractivity contribution >= 4 is 17.4 Å². The van der Waals surface area contributed by atoms with E-state index in [9.17, 15) is 13.6 Å². The number of imidazole rings is 1. The Morgan fingerprint density at radius 3 is 2.88 bits per heavy atom. The number of aromatic nitrogens is 3. The summed E-state index contributed by atoms with van der Waals surface area (Å²) >= 11 is 0. The number of anilines is 1. The molecule has 6 nitrogen and oxygen atoms in total. The topological polar surface area (TPSA) is 76.5 Å². The number of amides is 1. The van der Waals surface area contributed by atoms with Crippen LogP contribution in [0.5, 0.6) is 0 Å². The molecule has 25 heavy (non-hydrogen) atoms. The average molecular weight is 343 g/mol. The van der Waals surface area contributed by atoms with E-state index in [4.69, 9.17) is 5.73 Å². The molecule has 0 aliphatic carbocycles. The van der Waals surface area contributed by atoms with E-state index in [1.165, 1.54) is 22.8 Å². The molecule has 1 saturated heterocycles. The molecule has 3 heterocycles. The van der Waals surface area contributed by atoms with Gasteiger partial charge in [-0.15, -0.1) is 5.10 Å². The number of carbonyl (C=O) groups excluding carboxylic acids is 1. The zero-order valence-corrected chi connectivity index (χ0v) is 13.1. The summed E-state index contributed by atoms with van der Waals surface area (Å²) in [7, 11) is 0. The highest BCUT2D eigenvalue weighted by Gasteiger charge is 2.34. The molecule has 1 amide bonds. The Kier molecular flexibility index (Phi) is 3.60. The molecule has 0 bridgehead atoms. The van der Waals surface area contributed by atoms with Gasteiger partial charge < -0.3 is 10.6 Å². The third kappa shape index (κ3) is 2.69. The summed E-state index contributed by atoms with van der Waals surface area (Å²) in [5.74, 6) is -0.542. The SMILES string of the molecule is NC(=O)c1cnc2ccc(N3C[C@@H](F)CC3c3cccc(F)c3)nn12. The largest absolute Gasteiger partial charge is 0.364 e. The van der Waals surface area contributed by atoms with E-state index in [-0.39, 0.29) is 30.5 Å². The van der Waals surface area contributed by atoms with Gasteiger partial charge in [-0.25, -0.2) is 18.3 Å². The summed E-state index contributed by atoms with van der Waals surface area (Å²) in [5.41, 5.74) is 6.63. The molecular formula is C17H15F2N5O. The number of primary amides is 1. The van der Waals surface area contributed by atoms with Crippen LogP contribution >= 0.6 is 0 Å². The number of carbonyl (C=O) groups is 1. The van der Waals surface area contributed by atoms with Crippen LogP contribution in [0.2, 0.25) is 0 Å². The lowest BCUT2D eigenvalue weighted by atomic mass is 10.0. The Labute approximate surface area is 141 Å². The molecule has 1 unspecified atom stereocenters. The standard InChI is InChI=1S/C17H15F2N5O/c18-11-3-1-2-10(6-11)13-7-12(19)9-23(13)16-5-4-15-21-8-14(17(20)25)24(15)22-16/h1-6,8,12-13H,7,9H2,(H2,20,25)/t12-,13?/m0/s1. The van der Waals surface area contributed by atoms with Gasteiger partial charge >= 0.3 is 0 Å². The number of benzene rings is 1. The van der Waals surface area contributed by atoms with Crippen molar-refractivity contribution < 1.29 is 13.6 Å². The second kappa shape index (κ2) is 5.80. The third-order valence-corrected chi connectivity index (χ3v) is 4.38. The number of halogens is 2. The van der Waals surface area contributed by atoms with Crippen molar-refractivity contribution in [3.05, 3.63) is 59.7 Å². The zero-order chi connectivity index (χ0) is 17.6. The van der Waals surface area contributed by atoms with E-state index in [2.05, 4.69) is 10.1 Å². The van der Waals surface area contributed by atoms with Crippen molar-refractivity contribution in [1.29, 1.82) is 0 Å². The molecular weight excluding hydrogens is 328 g/mol. The van der Waals surface area contributed by atoms with Crippen molar-refractivity contribution in [3.8, 4) is 0 Å². The van der Waals surface area contributed by atoms with Crippen LogP contribution < -0.4 is 10.6 Å². The van der Waals surface area contributed by atoms with E-state index >= 15 is 0 Å². The van der Waals surface area contributed by atoms with Crippen LogP contribution in [0.1, 0.15) is 28.5 Å². The minimum absolute atomic E-state index is 0.139. The number of fused-ring (bicyclic) bond motifs is 1. The molecule has 3 aromatic rings. The quantitative estimate of drug-likeness (QED) is 0.791. The first-order valence-corrected chi connectivity index (χ1v) is 7.83. The number of nitrogens with two attached hydrogens (primary N) is 1. The minimum atomic E-state index is -1.05. The predicted octanol–water partition coefficient (Wildman–Crippen LogP) is 2.26. The number of hydrogen-bond acceptors (Lipinski definition) is 4. The Balaban J connectivity index is 1.77. The lowest BCUT2D eigenvalue weighted by molar-refractivity contribution is 0.0993. The van der Waals surface area contributed by atoms with E-state index in [1.54, 1.807) is 29.2 Å². The van der Waals surface area contributed by atoms with E-state index in [0.29, 0.717) is 17.0 Å². The van der Waals surface area contributed by atoms with Crippen molar-refractivity contribution in [1.82, 2.24) is 14.6 Å². The van der Waals surface area contributed by atoms with Crippen molar-refractivity contribution in [3.63, 3.8) is 0 Å². The summed E-state index contributed by atoms with van der Waals surface area (Å²) in [4.78, 5) is 17.3. The lowest BCUT2D eigenvalue weighted by Crippen LogP contribution is -2.26. The molecule has 0 radical (unpaired) electrons. The molecule has 1 aromatic carbocycles. The summed E-state index contributed by atoms with van der Waals surface area (Å²) in [6.45, 7) is 0.139. The summed E-state index contributed by atoms with van der Waals surface area (Å²) in [6.07, 6.45) is 0.542. The maximum absolute atomic E-state index is 14.1. The fourth-order valence-electron chi connectivity index (χ4n) is 3.25. The van der Waals surface area contributed by atoms with Crippen molar-refractivity contribution in [2.24, 2.45) is 5.73 Å². The number of nitrogens with zero attached hydrogens (tertiary/aromatic N) is 4. The van der Waals surface area contributed by atoms with Gasteiger partial charge in [0.25, 0.3) is 5.91 Å². The van der Waals surface area contributed by atoms with Gasteiger partial charge in [-0.05, 0) is 29.8 Å².